The molecule has 6 nitrogen and oxygen atoms in total. The van der Waals surface area contributed by atoms with Gasteiger partial charge in [0.2, 0.25) is 11.8 Å². The number of morpholine rings is 1. The summed E-state index contributed by atoms with van der Waals surface area (Å²) in [6, 6.07) is 7.75. The summed E-state index contributed by atoms with van der Waals surface area (Å²) in [5.41, 5.74) is 1.88. The quantitative estimate of drug-likeness (QED) is 0.561. The number of rotatable bonds is 8. The van der Waals surface area contributed by atoms with Crippen LogP contribution >= 0.6 is 0 Å². The maximum atomic E-state index is 11.9. The molecule has 0 radical (unpaired) electrons. The van der Waals surface area contributed by atoms with Crippen molar-refractivity contribution in [2.24, 2.45) is 0 Å². The van der Waals surface area contributed by atoms with Crippen LogP contribution in [0, 0.1) is 0 Å². The second-order valence-electron chi connectivity index (χ2n) is 7.03. The van der Waals surface area contributed by atoms with E-state index in [2.05, 4.69) is 10.2 Å². The van der Waals surface area contributed by atoms with Crippen molar-refractivity contribution in [1.82, 2.24) is 10.2 Å². The predicted octanol–water partition coefficient (Wildman–Crippen LogP) is 2.06. The lowest BCUT2D eigenvalue weighted by molar-refractivity contribution is -0.117. The Hall–Kier alpha value is -2.18. The molecule has 1 aromatic rings. The number of hydrogen-bond donors (Lipinski definition) is 1. The van der Waals surface area contributed by atoms with Gasteiger partial charge in [0, 0.05) is 44.4 Å². The number of anilines is 1. The zero-order valence-corrected chi connectivity index (χ0v) is 15.9. The van der Waals surface area contributed by atoms with Crippen LogP contribution in [0.3, 0.4) is 0 Å². The molecular weight excluding hydrogens is 342 g/mol. The number of carbonyl (C=O) groups is 2. The van der Waals surface area contributed by atoms with Gasteiger partial charge in [-0.1, -0.05) is 12.1 Å². The van der Waals surface area contributed by atoms with Crippen molar-refractivity contribution >= 4 is 23.6 Å². The van der Waals surface area contributed by atoms with Gasteiger partial charge in [-0.15, -0.1) is 0 Å². The molecule has 1 N–H and O–H groups in total. The largest absolute Gasteiger partial charge is 0.379 e. The minimum Gasteiger partial charge on any atom is -0.379 e. The molecule has 0 saturated carbocycles. The zero-order chi connectivity index (χ0) is 18.9. The van der Waals surface area contributed by atoms with E-state index < -0.39 is 0 Å². The average Bonchev–Trinajstić information content (AvgIpc) is 3.13. The highest BCUT2D eigenvalue weighted by molar-refractivity contribution is 5.95. The van der Waals surface area contributed by atoms with E-state index in [0.717, 1.165) is 69.9 Å². The summed E-state index contributed by atoms with van der Waals surface area (Å²) in [7, 11) is 0. The van der Waals surface area contributed by atoms with E-state index in [1.54, 1.807) is 12.2 Å². The molecule has 146 valence electrons. The summed E-state index contributed by atoms with van der Waals surface area (Å²) in [6.07, 6.45) is 6.99. The number of unbranched alkanes of at least 4 members (excludes halogenated alkanes) is 1. The Labute approximate surface area is 161 Å². The fraction of sp³-hybridized carbons (Fsp3) is 0.524. The molecule has 6 heteroatoms. The van der Waals surface area contributed by atoms with E-state index in [1.165, 1.54) is 0 Å². The van der Waals surface area contributed by atoms with Gasteiger partial charge in [0.05, 0.1) is 13.2 Å². The lowest BCUT2D eigenvalue weighted by Crippen LogP contribution is -2.37. The van der Waals surface area contributed by atoms with Crippen LogP contribution in [0.4, 0.5) is 5.69 Å². The van der Waals surface area contributed by atoms with Gasteiger partial charge in [-0.3, -0.25) is 14.5 Å². The van der Waals surface area contributed by atoms with Crippen molar-refractivity contribution in [3.63, 3.8) is 0 Å². The van der Waals surface area contributed by atoms with Crippen LogP contribution < -0.4 is 10.2 Å². The van der Waals surface area contributed by atoms with E-state index in [1.807, 2.05) is 29.2 Å². The van der Waals surface area contributed by atoms with Crippen LogP contribution in [0.15, 0.2) is 30.3 Å². The highest BCUT2D eigenvalue weighted by atomic mass is 16.5. The van der Waals surface area contributed by atoms with Crippen molar-refractivity contribution < 1.29 is 14.3 Å². The average molecular weight is 371 g/mol. The molecule has 1 aromatic carbocycles. The number of ether oxygens (including phenoxy) is 1. The number of hydrogen-bond acceptors (Lipinski definition) is 4. The van der Waals surface area contributed by atoms with Crippen molar-refractivity contribution in [1.29, 1.82) is 0 Å². The van der Waals surface area contributed by atoms with Gasteiger partial charge in [-0.05, 0) is 49.6 Å². The molecule has 2 aliphatic heterocycles. The minimum absolute atomic E-state index is 0.0693. The predicted molar refractivity (Wildman–Crippen MR) is 107 cm³/mol. The lowest BCUT2D eigenvalue weighted by atomic mass is 10.2. The van der Waals surface area contributed by atoms with Gasteiger partial charge >= 0.3 is 0 Å². The maximum Gasteiger partial charge on any atom is 0.243 e. The summed E-state index contributed by atoms with van der Waals surface area (Å²) in [4.78, 5) is 27.9. The molecule has 0 bridgehead atoms. The Kier molecular flexibility index (Phi) is 7.42. The highest BCUT2D eigenvalue weighted by Crippen LogP contribution is 2.21. The standard InChI is InChI=1S/C21H29N3O3/c25-20(22-11-1-2-12-23-14-16-27-17-15-23)10-7-18-5-8-19(9-6-18)24-13-3-4-21(24)26/h5-10H,1-4,11-17H2,(H,22,25)/b10-7+. The Morgan fingerprint density at radius 2 is 1.89 bits per heavy atom. The molecule has 0 spiro atoms. The summed E-state index contributed by atoms with van der Waals surface area (Å²) in [5, 5.41) is 2.93. The molecule has 0 aromatic heterocycles. The first-order valence-electron chi connectivity index (χ1n) is 9.89. The second-order valence-corrected chi connectivity index (χ2v) is 7.03. The SMILES string of the molecule is O=C(/C=C/c1ccc(N2CCCC2=O)cc1)NCCCCN1CCOCC1. The van der Waals surface area contributed by atoms with E-state index in [4.69, 9.17) is 4.74 Å². The topological polar surface area (TPSA) is 61.9 Å². The van der Waals surface area contributed by atoms with E-state index >= 15 is 0 Å². The Bertz CT molecular complexity index is 651. The third-order valence-electron chi connectivity index (χ3n) is 5.01. The van der Waals surface area contributed by atoms with Gasteiger partial charge < -0.3 is 15.0 Å². The van der Waals surface area contributed by atoms with Crippen molar-refractivity contribution in [3.05, 3.63) is 35.9 Å². The van der Waals surface area contributed by atoms with Gasteiger partial charge in [0.15, 0.2) is 0 Å². The normalized spacial score (nSPS) is 18.4. The van der Waals surface area contributed by atoms with Crippen LogP contribution in [0.25, 0.3) is 6.08 Å². The van der Waals surface area contributed by atoms with E-state index in [0.29, 0.717) is 13.0 Å². The first-order valence-corrected chi connectivity index (χ1v) is 9.89. The second kappa shape index (κ2) is 10.2. The van der Waals surface area contributed by atoms with Gasteiger partial charge in [0.25, 0.3) is 0 Å². The van der Waals surface area contributed by atoms with E-state index in [-0.39, 0.29) is 11.8 Å². The summed E-state index contributed by atoms with van der Waals surface area (Å²) < 4.78 is 5.34. The molecule has 2 saturated heterocycles. The van der Waals surface area contributed by atoms with Crippen LogP contribution in [0.5, 0.6) is 0 Å². The number of carbonyl (C=O) groups excluding carboxylic acids is 2. The zero-order valence-electron chi connectivity index (χ0n) is 15.9. The molecular formula is C21H29N3O3. The Balaban J connectivity index is 1.33. The number of benzene rings is 1. The Morgan fingerprint density at radius 1 is 1.11 bits per heavy atom. The fourth-order valence-corrected chi connectivity index (χ4v) is 3.41. The fourth-order valence-electron chi connectivity index (χ4n) is 3.41. The molecule has 3 rings (SSSR count). The summed E-state index contributed by atoms with van der Waals surface area (Å²) in [5.74, 6) is 0.117. The van der Waals surface area contributed by atoms with Gasteiger partial charge in [-0.2, -0.15) is 0 Å². The van der Waals surface area contributed by atoms with Gasteiger partial charge in [-0.25, -0.2) is 0 Å². The van der Waals surface area contributed by atoms with E-state index in [9.17, 15) is 9.59 Å². The summed E-state index contributed by atoms with van der Waals surface area (Å²) in [6.45, 7) is 6.25. The van der Waals surface area contributed by atoms with Crippen molar-refractivity contribution in [2.45, 2.75) is 25.7 Å². The number of nitrogens with zero attached hydrogens (tertiary/aromatic N) is 2. The molecule has 0 unspecified atom stereocenters. The van der Waals surface area contributed by atoms with Crippen LogP contribution in [0.1, 0.15) is 31.2 Å². The van der Waals surface area contributed by atoms with Crippen molar-refractivity contribution in [3.8, 4) is 0 Å². The highest BCUT2D eigenvalue weighted by Gasteiger charge is 2.21. The number of amides is 2. The molecule has 0 aliphatic carbocycles. The maximum absolute atomic E-state index is 11.9. The molecule has 2 aliphatic rings. The third kappa shape index (κ3) is 6.19. The molecule has 2 amide bonds. The molecule has 2 heterocycles. The van der Waals surface area contributed by atoms with Crippen LogP contribution in [-0.2, 0) is 14.3 Å². The first kappa shape index (κ1) is 19.6. The first-order chi connectivity index (χ1) is 13.2. The van der Waals surface area contributed by atoms with Crippen molar-refractivity contribution in [2.75, 3.05) is 50.8 Å². The number of nitrogens with one attached hydrogen (secondary N) is 1. The minimum atomic E-state index is -0.0693. The Morgan fingerprint density at radius 3 is 2.59 bits per heavy atom. The molecule has 2 fully saturated rings. The molecule has 0 atom stereocenters. The van der Waals surface area contributed by atoms with Crippen LogP contribution in [-0.4, -0.2) is 62.7 Å². The lowest BCUT2D eigenvalue weighted by Gasteiger charge is -2.26. The smallest absolute Gasteiger partial charge is 0.243 e. The van der Waals surface area contributed by atoms with Crippen LogP contribution in [0.2, 0.25) is 0 Å². The summed E-state index contributed by atoms with van der Waals surface area (Å²) >= 11 is 0. The molecule has 27 heavy (non-hydrogen) atoms. The van der Waals surface area contributed by atoms with Gasteiger partial charge in [0.1, 0.15) is 0 Å². The third-order valence-corrected chi connectivity index (χ3v) is 5.01. The monoisotopic (exact) mass is 371 g/mol.